The molecule has 30 heavy (non-hydrogen) atoms. The van der Waals surface area contributed by atoms with Crippen LogP contribution in [-0.2, 0) is 11.3 Å². The van der Waals surface area contributed by atoms with E-state index in [1.807, 2.05) is 36.4 Å². The molecule has 1 saturated heterocycles. The van der Waals surface area contributed by atoms with Gasteiger partial charge >= 0.3 is 5.63 Å². The van der Waals surface area contributed by atoms with Crippen molar-refractivity contribution in [3.05, 3.63) is 69.3 Å². The molecule has 7 heteroatoms. The molecule has 6 nitrogen and oxygen atoms in total. The molecule has 2 N–H and O–H groups in total. The highest BCUT2D eigenvalue weighted by molar-refractivity contribution is 5.95. The molecule has 1 saturated carbocycles. The predicted octanol–water partition coefficient (Wildman–Crippen LogP) is 3.31. The molecule has 2 heterocycles. The number of nitrogens with one attached hydrogen (secondary N) is 2. The molecule has 2 fully saturated rings. The summed E-state index contributed by atoms with van der Waals surface area (Å²) >= 11 is 0. The van der Waals surface area contributed by atoms with E-state index in [-0.39, 0.29) is 41.9 Å². The maximum Gasteiger partial charge on any atom is 0.349 e. The highest BCUT2D eigenvalue weighted by atomic mass is 35.5. The first-order valence-electron chi connectivity index (χ1n) is 10.4. The lowest BCUT2D eigenvalue weighted by molar-refractivity contribution is -0.0251. The van der Waals surface area contributed by atoms with Crippen LogP contribution in [-0.4, -0.2) is 31.1 Å². The Balaban J connectivity index is 0.00000256. The van der Waals surface area contributed by atoms with E-state index in [9.17, 15) is 9.59 Å². The Bertz CT molecular complexity index is 903. The Morgan fingerprint density at radius 1 is 1.27 bits per heavy atom. The number of carbonyl (C=O) groups is 1. The molecular weight excluding hydrogens is 404 g/mol. The van der Waals surface area contributed by atoms with E-state index in [0.717, 1.165) is 44.3 Å². The second-order valence-corrected chi connectivity index (χ2v) is 8.10. The largest absolute Gasteiger partial charge is 0.427 e. The molecule has 162 valence electrons. The van der Waals surface area contributed by atoms with Crippen LogP contribution in [0, 0.1) is 6.92 Å². The lowest BCUT2D eigenvalue weighted by Crippen LogP contribution is -2.48. The normalized spacial score (nSPS) is 23.2. The van der Waals surface area contributed by atoms with Crippen LogP contribution in [0.5, 0.6) is 0 Å². The molecular formula is C23H29ClN2O4. The third-order valence-electron chi connectivity index (χ3n) is 5.85. The first-order valence-corrected chi connectivity index (χ1v) is 10.4. The van der Waals surface area contributed by atoms with E-state index in [2.05, 4.69) is 10.6 Å². The summed E-state index contributed by atoms with van der Waals surface area (Å²) in [6.07, 6.45) is 3.71. The molecule has 1 aliphatic heterocycles. The van der Waals surface area contributed by atoms with E-state index >= 15 is 0 Å². The number of halogens is 1. The fourth-order valence-electron chi connectivity index (χ4n) is 4.07. The van der Waals surface area contributed by atoms with Crippen LogP contribution in [0.1, 0.15) is 58.8 Å². The van der Waals surface area contributed by atoms with Crippen molar-refractivity contribution in [3.8, 4) is 0 Å². The topological polar surface area (TPSA) is 80.6 Å². The van der Waals surface area contributed by atoms with Gasteiger partial charge in [-0.2, -0.15) is 0 Å². The second kappa shape index (κ2) is 10.2. The molecule has 0 spiro atoms. The number of aryl methyl sites for hydroxylation is 1. The van der Waals surface area contributed by atoms with Crippen molar-refractivity contribution in [1.29, 1.82) is 0 Å². The number of hydrogen-bond donors (Lipinski definition) is 2. The van der Waals surface area contributed by atoms with Crippen molar-refractivity contribution in [2.75, 3.05) is 13.1 Å². The summed E-state index contributed by atoms with van der Waals surface area (Å²) < 4.78 is 11.4. The fourth-order valence-corrected chi connectivity index (χ4v) is 4.07. The Kier molecular flexibility index (Phi) is 7.69. The predicted molar refractivity (Wildman–Crippen MR) is 117 cm³/mol. The van der Waals surface area contributed by atoms with Crippen molar-refractivity contribution in [2.24, 2.45) is 0 Å². The lowest BCUT2D eigenvalue weighted by atomic mass is 9.88. The first kappa shape index (κ1) is 22.5. The zero-order chi connectivity index (χ0) is 20.2. The van der Waals surface area contributed by atoms with Crippen LogP contribution in [0.4, 0.5) is 0 Å². The Labute approximate surface area is 182 Å². The quantitative estimate of drug-likeness (QED) is 0.731. The van der Waals surface area contributed by atoms with Gasteiger partial charge in [-0.1, -0.05) is 30.3 Å². The average molecular weight is 433 g/mol. The monoisotopic (exact) mass is 432 g/mol. The van der Waals surface area contributed by atoms with Crippen LogP contribution in [0.3, 0.4) is 0 Å². The summed E-state index contributed by atoms with van der Waals surface area (Å²) in [6.45, 7) is 4.18. The molecule has 1 aromatic carbocycles. The lowest BCUT2D eigenvalue weighted by Gasteiger charge is -2.35. The van der Waals surface area contributed by atoms with Gasteiger partial charge in [-0.25, -0.2) is 4.79 Å². The number of amides is 1. The van der Waals surface area contributed by atoms with Crippen LogP contribution < -0.4 is 16.3 Å². The molecule has 0 bridgehead atoms. The number of carbonyl (C=O) groups excluding carboxylic acids is 1. The first-order chi connectivity index (χ1) is 14.1. The molecule has 1 aliphatic carbocycles. The van der Waals surface area contributed by atoms with Crippen LogP contribution in [0.15, 0.2) is 45.6 Å². The summed E-state index contributed by atoms with van der Waals surface area (Å²) in [5.41, 5.74) is 1.39. The second-order valence-electron chi connectivity index (χ2n) is 8.10. The highest BCUT2D eigenvalue weighted by Crippen LogP contribution is 2.26. The summed E-state index contributed by atoms with van der Waals surface area (Å²) in [6, 6.07) is 11.9. The third-order valence-corrected chi connectivity index (χ3v) is 5.85. The molecule has 2 aromatic rings. The van der Waals surface area contributed by atoms with Gasteiger partial charge in [0.25, 0.3) is 5.91 Å². The fraction of sp³-hybridized carbons (Fsp3) is 0.478. The van der Waals surface area contributed by atoms with E-state index < -0.39 is 5.63 Å². The number of benzene rings is 1. The van der Waals surface area contributed by atoms with E-state index in [1.54, 1.807) is 6.92 Å². The van der Waals surface area contributed by atoms with Crippen LogP contribution >= 0.6 is 12.4 Å². The van der Waals surface area contributed by atoms with Gasteiger partial charge in [0.05, 0.1) is 12.7 Å². The molecule has 1 unspecified atom stereocenters. The van der Waals surface area contributed by atoms with E-state index in [4.69, 9.17) is 9.15 Å². The summed E-state index contributed by atoms with van der Waals surface area (Å²) in [5, 5.41) is 6.27. The van der Waals surface area contributed by atoms with Crippen LogP contribution in [0.2, 0.25) is 0 Å². The van der Waals surface area contributed by atoms with E-state index in [1.165, 1.54) is 0 Å². The minimum atomic E-state index is -0.542. The van der Waals surface area contributed by atoms with E-state index in [0.29, 0.717) is 17.9 Å². The van der Waals surface area contributed by atoms with Gasteiger partial charge in [0.15, 0.2) is 0 Å². The van der Waals surface area contributed by atoms with Gasteiger partial charge < -0.3 is 19.8 Å². The van der Waals surface area contributed by atoms with Gasteiger partial charge in [-0.3, -0.25) is 4.79 Å². The van der Waals surface area contributed by atoms with Crippen molar-refractivity contribution in [3.63, 3.8) is 0 Å². The van der Waals surface area contributed by atoms with Crippen molar-refractivity contribution < 1.29 is 13.9 Å². The number of ether oxygens (including phenoxy) is 1. The molecule has 2 aliphatic rings. The maximum atomic E-state index is 12.6. The van der Waals surface area contributed by atoms with Crippen molar-refractivity contribution >= 4 is 18.3 Å². The molecule has 1 aromatic heterocycles. The SMILES string of the molecule is Cc1cc(C2CCCNC2)oc(=O)c1C(=O)NC1CC(OCc2ccccc2)C1.Cl. The minimum Gasteiger partial charge on any atom is -0.427 e. The standard InChI is InChI=1S/C23H28N2O4.ClH/c1-15-10-20(17-8-5-9-24-13-17)29-23(27)21(15)22(26)25-18-11-19(12-18)28-14-16-6-3-2-4-7-16;/h2-4,6-7,10,17-19,24H,5,8-9,11-14H2,1H3,(H,25,26);1H. The smallest absolute Gasteiger partial charge is 0.349 e. The zero-order valence-electron chi connectivity index (χ0n) is 17.2. The van der Waals surface area contributed by atoms with Crippen molar-refractivity contribution in [2.45, 2.75) is 57.3 Å². The number of rotatable bonds is 6. The summed E-state index contributed by atoms with van der Waals surface area (Å²) in [4.78, 5) is 25.1. The van der Waals surface area contributed by atoms with Gasteiger partial charge in [-0.05, 0) is 56.3 Å². The summed E-state index contributed by atoms with van der Waals surface area (Å²) in [5.74, 6) is 0.520. The highest BCUT2D eigenvalue weighted by Gasteiger charge is 2.32. The van der Waals surface area contributed by atoms with Gasteiger partial charge in [-0.15, -0.1) is 12.4 Å². The average Bonchev–Trinajstić information content (AvgIpc) is 2.70. The van der Waals surface area contributed by atoms with Gasteiger partial charge in [0, 0.05) is 18.5 Å². The number of piperidine rings is 1. The summed E-state index contributed by atoms with van der Waals surface area (Å²) in [7, 11) is 0. The zero-order valence-corrected chi connectivity index (χ0v) is 18.0. The van der Waals surface area contributed by atoms with Gasteiger partial charge in [0.2, 0.25) is 0 Å². The maximum absolute atomic E-state index is 12.6. The van der Waals surface area contributed by atoms with Gasteiger partial charge in [0.1, 0.15) is 11.3 Å². The Hall–Kier alpha value is -2.15. The van der Waals surface area contributed by atoms with Crippen molar-refractivity contribution in [1.82, 2.24) is 10.6 Å². The minimum absolute atomic E-state index is 0. The molecule has 4 rings (SSSR count). The molecule has 1 amide bonds. The Morgan fingerprint density at radius 3 is 2.70 bits per heavy atom. The Morgan fingerprint density at radius 2 is 2.03 bits per heavy atom. The molecule has 0 radical (unpaired) electrons. The van der Waals surface area contributed by atoms with Crippen LogP contribution in [0.25, 0.3) is 0 Å². The third kappa shape index (κ3) is 5.31. The number of hydrogen-bond acceptors (Lipinski definition) is 5. The molecule has 1 atom stereocenters.